The average Bonchev–Trinajstić information content (AvgIpc) is 2.17. The molecule has 2 nitrogen and oxygen atoms in total. The van der Waals surface area contributed by atoms with Crippen LogP contribution < -0.4 is 5.73 Å². The molecular weight excluding hydrogens is 184 g/mol. The first kappa shape index (κ1) is 12.1. The molecule has 0 aliphatic carbocycles. The number of rotatable bonds is 5. The van der Waals surface area contributed by atoms with E-state index in [0.29, 0.717) is 0 Å². The van der Waals surface area contributed by atoms with E-state index in [4.69, 9.17) is 5.73 Å². The standard InChI is InChI=1S/C13H22N2/c1-4-11(2)9-15(3)10-12-6-5-7-13(14)8-12/h5-8,11H,4,9-10,14H2,1-3H3. The Balaban J connectivity index is 2.47. The molecule has 0 aliphatic rings. The Hall–Kier alpha value is -1.02. The van der Waals surface area contributed by atoms with Gasteiger partial charge in [0.05, 0.1) is 0 Å². The molecule has 2 N–H and O–H groups in total. The molecular formula is C13H22N2. The Morgan fingerprint density at radius 1 is 1.40 bits per heavy atom. The molecule has 0 saturated carbocycles. The summed E-state index contributed by atoms with van der Waals surface area (Å²) >= 11 is 0. The summed E-state index contributed by atoms with van der Waals surface area (Å²) in [6, 6.07) is 8.12. The van der Waals surface area contributed by atoms with Crippen molar-refractivity contribution >= 4 is 5.69 Å². The number of nitrogens with two attached hydrogens (primary N) is 1. The lowest BCUT2D eigenvalue weighted by Crippen LogP contribution is -2.23. The van der Waals surface area contributed by atoms with Gasteiger partial charge >= 0.3 is 0 Å². The minimum Gasteiger partial charge on any atom is -0.399 e. The molecule has 2 heteroatoms. The Morgan fingerprint density at radius 3 is 2.73 bits per heavy atom. The maximum atomic E-state index is 5.74. The Kier molecular flexibility index (Phi) is 4.63. The van der Waals surface area contributed by atoms with Crippen LogP contribution in [0, 0.1) is 5.92 Å². The van der Waals surface area contributed by atoms with Crippen LogP contribution in [0.15, 0.2) is 24.3 Å². The molecule has 0 radical (unpaired) electrons. The van der Waals surface area contributed by atoms with E-state index >= 15 is 0 Å². The molecule has 84 valence electrons. The van der Waals surface area contributed by atoms with E-state index in [2.05, 4.69) is 31.9 Å². The summed E-state index contributed by atoms with van der Waals surface area (Å²) in [4.78, 5) is 2.35. The van der Waals surface area contributed by atoms with E-state index in [1.807, 2.05) is 18.2 Å². The van der Waals surface area contributed by atoms with Gasteiger partial charge in [-0.1, -0.05) is 32.4 Å². The second kappa shape index (κ2) is 5.76. The molecule has 1 unspecified atom stereocenters. The van der Waals surface area contributed by atoms with Crippen LogP contribution in [0.3, 0.4) is 0 Å². The molecule has 0 fully saturated rings. The van der Waals surface area contributed by atoms with Crippen molar-refractivity contribution in [3.63, 3.8) is 0 Å². The maximum absolute atomic E-state index is 5.74. The molecule has 0 amide bonds. The number of nitrogens with zero attached hydrogens (tertiary/aromatic N) is 1. The topological polar surface area (TPSA) is 29.3 Å². The fourth-order valence-corrected chi connectivity index (χ4v) is 1.73. The van der Waals surface area contributed by atoms with Gasteiger partial charge in [0.15, 0.2) is 0 Å². The molecule has 0 aromatic heterocycles. The summed E-state index contributed by atoms with van der Waals surface area (Å²) < 4.78 is 0. The number of hydrogen-bond donors (Lipinski definition) is 1. The average molecular weight is 206 g/mol. The van der Waals surface area contributed by atoms with Crippen LogP contribution in [0.1, 0.15) is 25.8 Å². The number of anilines is 1. The summed E-state index contributed by atoms with van der Waals surface area (Å²) in [5.41, 5.74) is 7.89. The second-order valence-electron chi connectivity index (χ2n) is 4.46. The van der Waals surface area contributed by atoms with E-state index in [9.17, 15) is 0 Å². The largest absolute Gasteiger partial charge is 0.399 e. The fourth-order valence-electron chi connectivity index (χ4n) is 1.73. The first-order valence-electron chi connectivity index (χ1n) is 5.64. The van der Waals surface area contributed by atoms with E-state index in [1.165, 1.54) is 12.0 Å². The Morgan fingerprint density at radius 2 is 2.13 bits per heavy atom. The molecule has 0 aliphatic heterocycles. The van der Waals surface area contributed by atoms with Gasteiger partial charge in [-0.05, 0) is 30.7 Å². The highest BCUT2D eigenvalue weighted by Crippen LogP contribution is 2.10. The van der Waals surface area contributed by atoms with Crippen molar-refractivity contribution in [2.75, 3.05) is 19.3 Å². The van der Waals surface area contributed by atoms with E-state index in [-0.39, 0.29) is 0 Å². The number of benzene rings is 1. The van der Waals surface area contributed by atoms with Crippen LogP contribution in [-0.2, 0) is 6.54 Å². The van der Waals surface area contributed by atoms with Gasteiger partial charge in [-0.2, -0.15) is 0 Å². The van der Waals surface area contributed by atoms with Gasteiger partial charge in [0, 0.05) is 18.8 Å². The SMILES string of the molecule is CCC(C)CN(C)Cc1cccc(N)c1. The quantitative estimate of drug-likeness (QED) is 0.751. The third kappa shape index (κ3) is 4.34. The van der Waals surface area contributed by atoms with Crippen molar-refractivity contribution < 1.29 is 0 Å². The van der Waals surface area contributed by atoms with Crippen LogP contribution in [0.2, 0.25) is 0 Å². The number of nitrogen functional groups attached to an aromatic ring is 1. The van der Waals surface area contributed by atoms with Crippen molar-refractivity contribution in [2.24, 2.45) is 5.92 Å². The molecule has 1 rings (SSSR count). The van der Waals surface area contributed by atoms with Crippen LogP contribution >= 0.6 is 0 Å². The summed E-state index contributed by atoms with van der Waals surface area (Å²) in [5.74, 6) is 0.760. The van der Waals surface area contributed by atoms with Gasteiger partial charge in [-0.3, -0.25) is 0 Å². The minimum atomic E-state index is 0.760. The fraction of sp³-hybridized carbons (Fsp3) is 0.538. The van der Waals surface area contributed by atoms with Crippen molar-refractivity contribution in [1.29, 1.82) is 0 Å². The molecule has 0 bridgehead atoms. The van der Waals surface area contributed by atoms with Crippen molar-refractivity contribution in [3.05, 3.63) is 29.8 Å². The first-order valence-corrected chi connectivity index (χ1v) is 5.64. The zero-order valence-corrected chi connectivity index (χ0v) is 10.0. The maximum Gasteiger partial charge on any atom is 0.0317 e. The molecule has 0 saturated heterocycles. The van der Waals surface area contributed by atoms with Gasteiger partial charge in [0.1, 0.15) is 0 Å². The normalized spacial score (nSPS) is 13.1. The van der Waals surface area contributed by atoms with Gasteiger partial charge < -0.3 is 10.6 Å². The molecule has 1 atom stereocenters. The summed E-state index contributed by atoms with van der Waals surface area (Å²) in [5, 5.41) is 0. The molecule has 0 spiro atoms. The van der Waals surface area contributed by atoms with E-state index in [0.717, 1.165) is 24.7 Å². The molecule has 1 aromatic carbocycles. The lowest BCUT2D eigenvalue weighted by atomic mass is 10.1. The first-order chi connectivity index (χ1) is 7.11. The predicted molar refractivity (Wildman–Crippen MR) is 66.6 cm³/mol. The highest BCUT2D eigenvalue weighted by molar-refractivity contribution is 5.40. The monoisotopic (exact) mass is 206 g/mol. The lowest BCUT2D eigenvalue weighted by molar-refractivity contribution is 0.275. The van der Waals surface area contributed by atoms with Gasteiger partial charge in [-0.15, -0.1) is 0 Å². The summed E-state index contributed by atoms with van der Waals surface area (Å²) in [6.07, 6.45) is 1.24. The third-order valence-electron chi connectivity index (χ3n) is 2.72. The summed E-state index contributed by atoms with van der Waals surface area (Å²) in [6.45, 7) is 6.65. The van der Waals surface area contributed by atoms with Gasteiger partial charge in [0.25, 0.3) is 0 Å². The minimum absolute atomic E-state index is 0.760. The zero-order valence-electron chi connectivity index (χ0n) is 10.0. The molecule has 15 heavy (non-hydrogen) atoms. The molecule has 1 aromatic rings. The highest BCUT2D eigenvalue weighted by atomic mass is 15.1. The van der Waals surface area contributed by atoms with Crippen LogP contribution in [-0.4, -0.2) is 18.5 Å². The summed E-state index contributed by atoms with van der Waals surface area (Å²) in [7, 11) is 2.16. The lowest BCUT2D eigenvalue weighted by Gasteiger charge is -2.20. The van der Waals surface area contributed by atoms with Crippen LogP contribution in [0.4, 0.5) is 5.69 Å². The smallest absolute Gasteiger partial charge is 0.0317 e. The van der Waals surface area contributed by atoms with Gasteiger partial charge in [-0.25, -0.2) is 0 Å². The van der Waals surface area contributed by atoms with Crippen molar-refractivity contribution in [2.45, 2.75) is 26.8 Å². The third-order valence-corrected chi connectivity index (χ3v) is 2.72. The van der Waals surface area contributed by atoms with Crippen molar-refractivity contribution in [1.82, 2.24) is 4.90 Å². The van der Waals surface area contributed by atoms with Gasteiger partial charge in [0.2, 0.25) is 0 Å². The number of hydrogen-bond acceptors (Lipinski definition) is 2. The Labute approximate surface area is 93.1 Å². The zero-order chi connectivity index (χ0) is 11.3. The van der Waals surface area contributed by atoms with Crippen LogP contribution in [0.25, 0.3) is 0 Å². The molecule has 0 heterocycles. The van der Waals surface area contributed by atoms with Crippen LogP contribution in [0.5, 0.6) is 0 Å². The van der Waals surface area contributed by atoms with E-state index in [1.54, 1.807) is 0 Å². The second-order valence-corrected chi connectivity index (χ2v) is 4.46. The highest BCUT2D eigenvalue weighted by Gasteiger charge is 2.04. The Bertz CT molecular complexity index is 296. The predicted octanol–water partition coefficient (Wildman–Crippen LogP) is 2.75. The van der Waals surface area contributed by atoms with Crippen molar-refractivity contribution in [3.8, 4) is 0 Å². The van der Waals surface area contributed by atoms with E-state index < -0.39 is 0 Å².